The molecule has 0 saturated heterocycles. The van der Waals surface area contributed by atoms with Gasteiger partial charge < -0.3 is 9.84 Å². The van der Waals surface area contributed by atoms with Crippen LogP contribution in [-0.4, -0.2) is 36.3 Å². The molecule has 0 fully saturated rings. The average molecular weight is 307 g/mol. The molecule has 0 radical (unpaired) electrons. The molecule has 22 heavy (non-hydrogen) atoms. The number of aliphatic hydroxyl groups excluding tert-OH is 1. The zero-order valence-corrected chi connectivity index (χ0v) is 12.4. The first-order valence-electron chi connectivity index (χ1n) is 7.03. The van der Waals surface area contributed by atoms with Crippen LogP contribution in [0.4, 0.5) is 8.78 Å². The van der Waals surface area contributed by atoms with Crippen LogP contribution in [0.5, 0.6) is 5.75 Å². The summed E-state index contributed by atoms with van der Waals surface area (Å²) in [5.41, 5.74) is 1.13. The van der Waals surface area contributed by atoms with Crippen LogP contribution in [0, 0.1) is 11.6 Å². The van der Waals surface area contributed by atoms with Crippen LogP contribution in [0.25, 0.3) is 0 Å². The number of rotatable bonds is 7. The molecular weight excluding hydrogens is 288 g/mol. The van der Waals surface area contributed by atoms with Crippen LogP contribution < -0.4 is 4.74 Å². The molecule has 1 atom stereocenters. The van der Waals surface area contributed by atoms with Crippen molar-refractivity contribution in [1.82, 2.24) is 4.90 Å². The maximum Gasteiger partial charge on any atom is 0.165 e. The van der Waals surface area contributed by atoms with Gasteiger partial charge in [-0.2, -0.15) is 0 Å². The molecular formula is C17H19F2NO2. The van der Waals surface area contributed by atoms with E-state index in [-0.39, 0.29) is 12.4 Å². The number of ether oxygens (including phenoxy) is 1. The van der Waals surface area contributed by atoms with Crippen LogP contribution in [0.1, 0.15) is 5.56 Å². The Morgan fingerprint density at radius 3 is 2.59 bits per heavy atom. The number of hydrogen-bond acceptors (Lipinski definition) is 3. The van der Waals surface area contributed by atoms with Crippen molar-refractivity contribution in [1.29, 1.82) is 0 Å². The Balaban J connectivity index is 1.80. The maximum atomic E-state index is 13.4. The molecule has 0 aromatic heterocycles. The topological polar surface area (TPSA) is 32.7 Å². The van der Waals surface area contributed by atoms with Crippen molar-refractivity contribution in [2.75, 3.05) is 20.2 Å². The van der Waals surface area contributed by atoms with E-state index in [2.05, 4.69) is 0 Å². The van der Waals surface area contributed by atoms with Crippen LogP contribution in [0.2, 0.25) is 0 Å². The number of hydrogen-bond donors (Lipinski definition) is 1. The molecule has 0 spiro atoms. The number of benzene rings is 2. The van der Waals surface area contributed by atoms with Gasteiger partial charge in [-0.3, -0.25) is 4.90 Å². The number of likely N-dealkylation sites (N-methyl/N-ethyl adjacent to an activating group) is 1. The normalized spacial score (nSPS) is 12.4. The van der Waals surface area contributed by atoms with E-state index < -0.39 is 17.7 Å². The zero-order chi connectivity index (χ0) is 15.9. The molecule has 1 unspecified atom stereocenters. The largest absolute Gasteiger partial charge is 0.488 e. The molecule has 2 rings (SSSR count). The fraction of sp³-hybridized carbons (Fsp3) is 0.294. The van der Waals surface area contributed by atoms with Gasteiger partial charge in [0.05, 0.1) is 0 Å². The predicted molar refractivity (Wildman–Crippen MR) is 80.6 cm³/mol. The molecule has 2 aromatic rings. The highest BCUT2D eigenvalue weighted by Gasteiger charge is 2.12. The second-order valence-corrected chi connectivity index (χ2v) is 5.22. The van der Waals surface area contributed by atoms with Crippen molar-refractivity contribution in [2.45, 2.75) is 12.6 Å². The van der Waals surface area contributed by atoms with Gasteiger partial charge in [0.25, 0.3) is 0 Å². The standard InChI is InChI=1S/C17H19F2NO2/c1-20(10-13-5-3-2-4-6-13)11-15(21)12-22-17-9-14(18)7-8-16(17)19/h2-9,15,21H,10-12H2,1H3. The average Bonchev–Trinajstić information content (AvgIpc) is 2.49. The van der Waals surface area contributed by atoms with E-state index in [1.54, 1.807) is 0 Å². The number of nitrogens with zero attached hydrogens (tertiary/aromatic N) is 1. The van der Waals surface area contributed by atoms with Gasteiger partial charge in [-0.15, -0.1) is 0 Å². The molecule has 5 heteroatoms. The van der Waals surface area contributed by atoms with Gasteiger partial charge >= 0.3 is 0 Å². The van der Waals surface area contributed by atoms with Crippen molar-refractivity contribution in [2.24, 2.45) is 0 Å². The van der Waals surface area contributed by atoms with Crippen LogP contribution in [0.15, 0.2) is 48.5 Å². The van der Waals surface area contributed by atoms with Gasteiger partial charge in [0.1, 0.15) is 18.5 Å². The maximum absolute atomic E-state index is 13.4. The summed E-state index contributed by atoms with van der Waals surface area (Å²) in [5, 5.41) is 9.94. The van der Waals surface area contributed by atoms with Crippen LogP contribution in [0.3, 0.4) is 0 Å². The molecule has 118 valence electrons. The highest BCUT2D eigenvalue weighted by atomic mass is 19.1. The lowest BCUT2D eigenvalue weighted by atomic mass is 10.2. The van der Waals surface area contributed by atoms with Crippen LogP contribution >= 0.6 is 0 Å². The van der Waals surface area contributed by atoms with Crippen molar-refractivity contribution < 1.29 is 18.6 Å². The molecule has 0 amide bonds. The van der Waals surface area contributed by atoms with E-state index in [1.165, 1.54) is 0 Å². The second kappa shape index (κ2) is 7.87. The van der Waals surface area contributed by atoms with Crippen molar-refractivity contribution in [3.63, 3.8) is 0 Å². The number of halogens is 2. The molecule has 2 aromatic carbocycles. The zero-order valence-electron chi connectivity index (χ0n) is 12.4. The molecule has 0 aliphatic rings. The van der Waals surface area contributed by atoms with E-state index >= 15 is 0 Å². The van der Waals surface area contributed by atoms with E-state index in [0.29, 0.717) is 13.1 Å². The lowest BCUT2D eigenvalue weighted by Crippen LogP contribution is -2.32. The van der Waals surface area contributed by atoms with Crippen LogP contribution in [-0.2, 0) is 6.54 Å². The Morgan fingerprint density at radius 1 is 1.14 bits per heavy atom. The van der Waals surface area contributed by atoms with Gasteiger partial charge in [-0.05, 0) is 24.7 Å². The monoisotopic (exact) mass is 307 g/mol. The van der Waals surface area contributed by atoms with Crippen molar-refractivity contribution in [3.8, 4) is 5.75 Å². The van der Waals surface area contributed by atoms with Gasteiger partial charge in [-0.25, -0.2) is 8.78 Å². The smallest absolute Gasteiger partial charge is 0.165 e. The van der Waals surface area contributed by atoms with E-state index in [4.69, 9.17) is 4.74 Å². The molecule has 0 aliphatic carbocycles. The fourth-order valence-electron chi connectivity index (χ4n) is 2.15. The lowest BCUT2D eigenvalue weighted by Gasteiger charge is -2.21. The van der Waals surface area contributed by atoms with Gasteiger partial charge in [0.15, 0.2) is 11.6 Å². The molecule has 0 saturated carbocycles. The highest BCUT2D eigenvalue weighted by Crippen LogP contribution is 2.18. The third kappa shape index (κ3) is 5.09. The Morgan fingerprint density at radius 2 is 1.86 bits per heavy atom. The molecule has 0 bridgehead atoms. The van der Waals surface area contributed by atoms with E-state index in [0.717, 1.165) is 23.8 Å². The minimum atomic E-state index is -0.795. The quantitative estimate of drug-likeness (QED) is 0.854. The summed E-state index contributed by atoms with van der Waals surface area (Å²) in [5.74, 6) is -1.41. The van der Waals surface area contributed by atoms with Gasteiger partial charge in [0, 0.05) is 19.2 Å². The lowest BCUT2D eigenvalue weighted by molar-refractivity contribution is 0.0727. The van der Waals surface area contributed by atoms with Crippen molar-refractivity contribution in [3.05, 3.63) is 65.7 Å². The Kier molecular flexibility index (Phi) is 5.86. The molecule has 0 aliphatic heterocycles. The highest BCUT2D eigenvalue weighted by molar-refractivity contribution is 5.24. The van der Waals surface area contributed by atoms with Crippen molar-refractivity contribution >= 4 is 0 Å². The summed E-state index contributed by atoms with van der Waals surface area (Å²) in [6.07, 6.45) is -0.795. The minimum Gasteiger partial charge on any atom is -0.488 e. The Hall–Kier alpha value is -1.98. The molecule has 3 nitrogen and oxygen atoms in total. The Labute approximate surface area is 128 Å². The summed E-state index contributed by atoms with van der Waals surface area (Å²) in [7, 11) is 1.87. The first-order valence-corrected chi connectivity index (χ1v) is 7.03. The van der Waals surface area contributed by atoms with E-state index in [9.17, 15) is 13.9 Å². The molecule has 1 N–H and O–H groups in total. The fourth-order valence-corrected chi connectivity index (χ4v) is 2.15. The summed E-state index contributed by atoms with van der Waals surface area (Å²) in [6, 6.07) is 12.8. The second-order valence-electron chi connectivity index (χ2n) is 5.22. The third-order valence-corrected chi connectivity index (χ3v) is 3.14. The number of aliphatic hydroxyl groups is 1. The summed E-state index contributed by atoms with van der Waals surface area (Å²) >= 11 is 0. The predicted octanol–water partition coefficient (Wildman–Crippen LogP) is 2.84. The summed E-state index contributed by atoms with van der Waals surface area (Å²) < 4.78 is 31.5. The third-order valence-electron chi connectivity index (χ3n) is 3.14. The minimum absolute atomic E-state index is 0.0977. The first-order chi connectivity index (χ1) is 10.5. The summed E-state index contributed by atoms with van der Waals surface area (Å²) in [6.45, 7) is 0.956. The first kappa shape index (κ1) is 16.4. The SMILES string of the molecule is CN(Cc1ccccc1)CC(O)COc1cc(F)ccc1F. The molecule has 0 heterocycles. The van der Waals surface area contributed by atoms with Gasteiger partial charge in [-0.1, -0.05) is 30.3 Å². The Bertz CT molecular complexity index is 592. The van der Waals surface area contributed by atoms with Gasteiger partial charge in [0.2, 0.25) is 0 Å². The van der Waals surface area contributed by atoms with E-state index in [1.807, 2.05) is 42.3 Å². The summed E-state index contributed by atoms with van der Waals surface area (Å²) in [4.78, 5) is 1.94.